The van der Waals surface area contributed by atoms with Crippen LogP contribution in [0, 0.1) is 12.7 Å². The number of hydrogen-bond acceptors (Lipinski definition) is 6. The number of rotatable bonds is 11. The lowest BCUT2D eigenvalue weighted by Gasteiger charge is -2.12. The third kappa shape index (κ3) is 5.89. The molecule has 0 aliphatic heterocycles. The highest BCUT2D eigenvalue weighted by Gasteiger charge is 2.24. The van der Waals surface area contributed by atoms with Crippen LogP contribution in [0.1, 0.15) is 29.4 Å². The van der Waals surface area contributed by atoms with E-state index in [1.54, 1.807) is 49.2 Å². The molecule has 0 unspecified atom stereocenters. The molecule has 9 nitrogen and oxygen atoms in total. The van der Waals surface area contributed by atoms with Crippen molar-refractivity contribution in [2.45, 2.75) is 26.8 Å². The monoisotopic (exact) mass is 570 g/mol. The van der Waals surface area contributed by atoms with Crippen LogP contribution < -0.4 is 20.3 Å². The molecule has 2 aromatic heterocycles. The van der Waals surface area contributed by atoms with Gasteiger partial charge in [0.2, 0.25) is 0 Å². The molecule has 0 saturated heterocycles. The molecular weight excluding hydrogens is 539 g/mol. The van der Waals surface area contributed by atoms with Crippen molar-refractivity contribution in [2.24, 2.45) is 0 Å². The zero-order valence-corrected chi connectivity index (χ0v) is 23.6. The second-order valence-corrected chi connectivity index (χ2v) is 9.57. The van der Waals surface area contributed by atoms with Crippen LogP contribution in [0.3, 0.4) is 0 Å². The highest BCUT2D eigenvalue weighted by atomic mass is 19.1. The van der Waals surface area contributed by atoms with E-state index in [9.17, 15) is 9.59 Å². The zero-order chi connectivity index (χ0) is 29.6. The van der Waals surface area contributed by atoms with Gasteiger partial charge in [0.15, 0.2) is 11.6 Å². The fourth-order valence-corrected chi connectivity index (χ4v) is 4.71. The van der Waals surface area contributed by atoms with E-state index in [4.69, 9.17) is 14.2 Å². The van der Waals surface area contributed by atoms with Gasteiger partial charge >= 0.3 is 0 Å². The van der Waals surface area contributed by atoms with Gasteiger partial charge in [0.1, 0.15) is 23.7 Å². The maximum Gasteiger partial charge on any atom is 0.284 e. The third-order valence-corrected chi connectivity index (χ3v) is 6.70. The summed E-state index contributed by atoms with van der Waals surface area (Å²) in [5.74, 6) is -0.287. The van der Waals surface area contributed by atoms with Gasteiger partial charge in [0.05, 0.1) is 23.5 Å². The molecule has 2 heterocycles. The quantitative estimate of drug-likeness (QED) is 0.192. The summed E-state index contributed by atoms with van der Waals surface area (Å²) in [5.41, 5.74) is 1.56. The van der Waals surface area contributed by atoms with Crippen LogP contribution in [-0.2, 0) is 11.3 Å². The van der Waals surface area contributed by atoms with Crippen molar-refractivity contribution in [3.63, 3.8) is 0 Å². The second kappa shape index (κ2) is 12.7. The minimum atomic E-state index is -0.681. The highest BCUT2D eigenvalue weighted by molar-refractivity contribution is 6.05. The van der Waals surface area contributed by atoms with Gasteiger partial charge in [0.25, 0.3) is 11.5 Å². The van der Waals surface area contributed by atoms with Gasteiger partial charge in [-0.25, -0.2) is 9.07 Å². The molecule has 216 valence electrons. The number of methoxy groups -OCH3 is 1. The highest BCUT2D eigenvalue weighted by Crippen LogP contribution is 2.33. The molecule has 5 rings (SSSR count). The smallest absolute Gasteiger partial charge is 0.284 e. The predicted octanol–water partition coefficient (Wildman–Crippen LogP) is 6.11. The number of carbonyl (C=O) groups excluding carboxylic acids is 1. The van der Waals surface area contributed by atoms with Crippen molar-refractivity contribution in [1.29, 1.82) is 0 Å². The molecular formula is C32H31FN4O5. The summed E-state index contributed by atoms with van der Waals surface area (Å²) in [6, 6.07) is 20.2. The maximum absolute atomic E-state index is 15.2. The van der Waals surface area contributed by atoms with Gasteiger partial charge in [-0.2, -0.15) is 0 Å². The van der Waals surface area contributed by atoms with E-state index in [2.05, 4.69) is 10.3 Å². The van der Waals surface area contributed by atoms with E-state index >= 15 is 4.39 Å². The van der Waals surface area contributed by atoms with Crippen LogP contribution in [0.2, 0.25) is 0 Å². The first kappa shape index (κ1) is 28.6. The summed E-state index contributed by atoms with van der Waals surface area (Å²) in [7, 11) is 1.60. The minimum Gasteiger partial charge on any atom is -0.491 e. The Morgan fingerprint density at radius 2 is 1.81 bits per heavy atom. The number of benzene rings is 3. The van der Waals surface area contributed by atoms with Crippen molar-refractivity contribution in [3.8, 4) is 22.9 Å². The largest absolute Gasteiger partial charge is 0.491 e. The summed E-state index contributed by atoms with van der Waals surface area (Å²) >= 11 is 0. The van der Waals surface area contributed by atoms with E-state index < -0.39 is 17.3 Å². The molecule has 0 radical (unpaired) electrons. The number of nitrogens with one attached hydrogen (secondary N) is 1. The Labute approximate surface area is 242 Å². The topological polar surface area (TPSA) is 96.6 Å². The third-order valence-electron chi connectivity index (χ3n) is 6.70. The summed E-state index contributed by atoms with van der Waals surface area (Å²) < 4.78 is 35.0. The van der Waals surface area contributed by atoms with Crippen molar-refractivity contribution < 1.29 is 23.4 Å². The Balaban J connectivity index is 1.37. The molecule has 3 aromatic carbocycles. The fraction of sp³-hybridized carbons (Fsp3) is 0.219. The predicted molar refractivity (Wildman–Crippen MR) is 159 cm³/mol. The van der Waals surface area contributed by atoms with E-state index in [0.29, 0.717) is 53.5 Å². The number of pyridine rings is 1. The van der Waals surface area contributed by atoms with E-state index in [-0.39, 0.29) is 17.0 Å². The van der Waals surface area contributed by atoms with Crippen molar-refractivity contribution >= 4 is 22.5 Å². The first-order chi connectivity index (χ1) is 20.4. The summed E-state index contributed by atoms with van der Waals surface area (Å²) in [5, 5.41) is 3.34. The standard InChI is InChI=1S/C32H31FN4O5/c1-4-16-36-21(2)30(32(39)37(36)23-8-6-5-7-9-23)31(38)35-22-10-13-29(26(33)19-22)42-28-14-15-34-27-20-24(11-12-25(27)28)41-18-17-40-3/h5-15,19-20H,4,16-18H2,1-3H3,(H,35,38). The number of amides is 1. The molecule has 0 bridgehead atoms. The van der Waals surface area contributed by atoms with E-state index in [0.717, 1.165) is 12.5 Å². The molecule has 0 aliphatic rings. The number of anilines is 1. The van der Waals surface area contributed by atoms with Crippen LogP contribution in [-0.4, -0.2) is 40.6 Å². The van der Waals surface area contributed by atoms with Crippen LogP contribution in [0.25, 0.3) is 16.6 Å². The van der Waals surface area contributed by atoms with Crippen LogP contribution in [0.4, 0.5) is 10.1 Å². The second-order valence-electron chi connectivity index (χ2n) is 9.57. The molecule has 0 aliphatic carbocycles. The van der Waals surface area contributed by atoms with Gasteiger partial charge in [0, 0.05) is 43.1 Å². The van der Waals surface area contributed by atoms with Gasteiger partial charge in [-0.05, 0) is 55.8 Å². The fourth-order valence-electron chi connectivity index (χ4n) is 4.71. The number of aromatic nitrogens is 3. The Hall–Kier alpha value is -4.96. The number of fused-ring (bicyclic) bond motifs is 1. The average molecular weight is 571 g/mol. The van der Waals surface area contributed by atoms with Crippen molar-refractivity contribution in [3.05, 3.63) is 106 Å². The van der Waals surface area contributed by atoms with Gasteiger partial charge in [-0.15, -0.1) is 0 Å². The van der Waals surface area contributed by atoms with Crippen molar-refractivity contribution in [2.75, 3.05) is 25.6 Å². The molecule has 0 atom stereocenters. The molecule has 1 amide bonds. The van der Waals surface area contributed by atoms with Crippen LogP contribution >= 0.6 is 0 Å². The maximum atomic E-state index is 15.2. The van der Waals surface area contributed by atoms with E-state index in [1.807, 2.05) is 37.3 Å². The van der Waals surface area contributed by atoms with Gasteiger partial charge in [-0.3, -0.25) is 19.3 Å². The summed E-state index contributed by atoms with van der Waals surface area (Å²) in [6.07, 6.45) is 2.34. The number of para-hydroxylation sites is 1. The number of halogens is 1. The van der Waals surface area contributed by atoms with Gasteiger partial charge < -0.3 is 19.5 Å². The molecule has 10 heteroatoms. The van der Waals surface area contributed by atoms with Crippen molar-refractivity contribution in [1.82, 2.24) is 14.3 Å². The molecule has 5 aromatic rings. The number of hydrogen-bond donors (Lipinski definition) is 1. The number of nitrogens with zero attached hydrogens (tertiary/aromatic N) is 3. The molecule has 42 heavy (non-hydrogen) atoms. The lowest BCUT2D eigenvalue weighted by molar-refractivity contribution is 0.102. The lowest BCUT2D eigenvalue weighted by atomic mass is 10.2. The zero-order valence-electron chi connectivity index (χ0n) is 23.6. The van der Waals surface area contributed by atoms with Gasteiger partial charge in [-0.1, -0.05) is 25.1 Å². The normalized spacial score (nSPS) is 11.0. The van der Waals surface area contributed by atoms with Crippen LogP contribution in [0.15, 0.2) is 83.8 Å². The SMILES string of the molecule is CCCn1c(C)c(C(=O)Nc2ccc(Oc3ccnc4cc(OCCOC)ccc34)c(F)c2)c(=O)n1-c1ccccc1. The molecule has 0 fully saturated rings. The number of carbonyl (C=O) groups is 1. The Morgan fingerprint density at radius 3 is 2.55 bits per heavy atom. The molecule has 0 saturated carbocycles. The molecule has 1 N–H and O–H groups in total. The Bertz CT molecular complexity index is 1780. The Morgan fingerprint density at radius 1 is 1.00 bits per heavy atom. The minimum absolute atomic E-state index is 0.00172. The van der Waals surface area contributed by atoms with Crippen LogP contribution in [0.5, 0.6) is 17.2 Å². The molecule has 0 spiro atoms. The first-order valence-corrected chi connectivity index (χ1v) is 13.6. The summed E-state index contributed by atoms with van der Waals surface area (Å²) in [6.45, 7) is 5.14. The Kier molecular flexibility index (Phi) is 8.63. The number of ether oxygens (including phenoxy) is 3. The average Bonchev–Trinajstić information content (AvgIpc) is 3.24. The first-order valence-electron chi connectivity index (χ1n) is 13.6. The van der Waals surface area contributed by atoms with E-state index in [1.165, 1.54) is 16.8 Å². The summed E-state index contributed by atoms with van der Waals surface area (Å²) in [4.78, 5) is 31.1. The lowest BCUT2D eigenvalue weighted by Crippen LogP contribution is -2.25.